The van der Waals surface area contributed by atoms with Gasteiger partial charge >= 0.3 is 18.1 Å². The predicted molar refractivity (Wildman–Crippen MR) is 97.2 cm³/mol. The first-order chi connectivity index (χ1) is 13.6. The number of para-hydroxylation sites is 1. The van der Waals surface area contributed by atoms with Gasteiger partial charge < -0.3 is 25.6 Å². The highest BCUT2D eigenvalue weighted by Gasteiger charge is 2.38. The second kappa shape index (κ2) is 14.2. The Hall–Kier alpha value is -2.82. The third-order valence-corrected chi connectivity index (χ3v) is 3.23. The maximum atomic E-state index is 11.8. The Balaban J connectivity index is 0.000000956. The molecule has 0 atom stereocenters. The smallest absolute Gasteiger partial charge is 0.475 e. The van der Waals surface area contributed by atoms with Gasteiger partial charge in [0.05, 0.1) is 6.61 Å². The van der Waals surface area contributed by atoms with Gasteiger partial charge in [-0.2, -0.15) is 13.2 Å². The van der Waals surface area contributed by atoms with Crippen molar-refractivity contribution >= 4 is 17.8 Å². The second-order valence-electron chi connectivity index (χ2n) is 5.51. The number of carboxylic acid groups (broad SMARTS) is 1. The Morgan fingerprint density at radius 1 is 1.14 bits per heavy atom. The molecular weight excluding hydrogens is 397 g/mol. The number of benzene rings is 1. The van der Waals surface area contributed by atoms with Gasteiger partial charge in [0.1, 0.15) is 11.3 Å². The van der Waals surface area contributed by atoms with Crippen LogP contribution in [0.15, 0.2) is 24.3 Å². The van der Waals surface area contributed by atoms with Crippen molar-refractivity contribution in [3.63, 3.8) is 0 Å². The largest absolute Gasteiger partial charge is 0.490 e. The summed E-state index contributed by atoms with van der Waals surface area (Å²) in [6.45, 7) is 2.71. The second-order valence-corrected chi connectivity index (χ2v) is 5.51. The molecule has 29 heavy (non-hydrogen) atoms. The molecule has 0 spiro atoms. The Morgan fingerprint density at radius 3 is 2.31 bits per heavy atom. The zero-order valence-corrected chi connectivity index (χ0v) is 16.0. The molecule has 0 saturated carbocycles. The van der Waals surface area contributed by atoms with Gasteiger partial charge in [-0.1, -0.05) is 18.6 Å². The number of nitrogens with one attached hydrogen (secondary N) is 1. The number of carbonyl (C=O) groups is 3. The molecule has 1 rings (SSSR count). The van der Waals surface area contributed by atoms with Crippen molar-refractivity contribution in [1.29, 1.82) is 0 Å². The number of amides is 1. The number of carboxylic acids is 1. The Bertz CT molecular complexity index is 653. The van der Waals surface area contributed by atoms with Crippen LogP contribution in [0.25, 0.3) is 0 Å². The number of carbonyl (C=O) groups excluding carboxylic acids is 2. The minimum Gasteiger partial charge on any atom is -0.475 e. The fourth-order valence-electron chi connectivity index (χ4n) is 1.86. The molecule has 0 aliphatic heterocycles. The molecule has 0 heterocycles. The molecule has 0 aliphatic carbocycles. The number of hydrogen-bond acceptors (Lipinski definition) is 6. The number of alkyl halides is 3. The van der Waals surface area contributed by atoms with Gasteiger partial charge in [-0.15, -0.1) is 0 Å². The molecule has 0 aromatic heterocycles. The quantitative estimate of drug-likeness (QED) is 0.300. The standard InChI is InChI=1S/C16H24N2O4.C2HF3O2/c1-2-21-16(20)13-8-5-6-9-14(13)22-12-18-15(19)10-4-3-7-11-17;3-2(4,5)1(6)7/h5-6,8-9H,2-4,7,10-12,17H2,1H3,(H,18,19);(H,6,7). The van der Waals surface area contributed by atoms with E-state index < -0.39 is 18.1 Å². The van der Waals surface area contributed by atoms with E-state index >= 15 is 0 Å². The maximum Gasteiger partial charge on any atom is 0.490 e. The highest BCUT2D eigenvalue weighted by Crippen LogP contribution is 2.18. The van der Waals surface area contributed by atoms with Crippen LogP contribution in [0.5, 0.6) is 5.75 Å². The average Bonchev–Trinajstić information content (AvgIpc) is 2.65. The van der Waals surface area contributed by atoms with Gasteiger partial charge in [0, 0.05) is 6.42 Å². The van der Waals surface area contributed by atoms with Gasteiger partial charge in [0.25, 0.3) is 0 Å². The molecule has 164 valence electrons. The maximum absolute atomic E-state index is 11.8. The average molecular weight is 422 g/mol. The lowest BCUT2D eigenvalue weighted by atomic mass is 10.2. The monoisotopic (exact) mass is 422 g/mol. The summed E-state index contributed by atoms with van der Waals surface area (Å²) >= 11 is 0. The fraction of sp³-hybridized carbons (Fsp3) is 0.500. The summed E-state index contributed by atoms with van der Waals surface area (Å²) < 4.78 is 42.1. The van der Waals surface area contributed by atoms with Crippen LogP contribution in [0.2, 0.25) is 0 Å². The highest BCUT2D eigenvalue weighted by molar-refractivity contribution is 5.92. The SMILES string of the molecule is CCOC(=O)c1ccccc1OCNC(=O)CCCCCN.O=C(O)C(F)(F)F. The van der Waals surface area contributed by atoms with E-state index in [0.29, 0.717) is 30.9 Å². The van der Waals surface area contributed by atoms with Crippen molar-refractivity contribution < 1.29 is 42.1 Å². The van der Waals surface area contributed by atoms with Crippen LogP contribution < -0.4 is 15.8 Å². The van der Waals surface area contributed by atoms with Crippen LogP contribution in [-0.4, -0.2) is 49.0 Å². The summed E-state index contributed by atoms with van der Waals surface area (Å²) in [6.07, 6.45) is -1.96. The molecular formula is C18H25F3N2O6. The molecule has 0 unspecified atom stereocenters. The van der Waals surface area contributed by atoms with Crippen LogP contribution in [0.4, 0.5) is 13.2 Å². The summed E-state index contributed by atoms with van der Waals surface area (Å²) in [5.74, 6) is -2.88. The van der Waals surface area contributed by atoms with Gasteiger partial charge in [0.15, 0.2) is 6.73 Å². The summed E-state index contributed by atoms with van der Waals surface area (Å²) in [5.41, 5.74) is 5.74. The van der Waals surface area contributed by atoms with Crippen molar-refractivity contribution in [3.8, 4) is 5.75 Å². The first-order valence-corrected chi connectivity index (χ1v) is 8.79. The molecule has 0 saturated heterocycles. The fourth-order valence-corrected chi connectivity index (χ4v) is 1.86. The minimum atomic E-state index is -5.08. The molecule has 4 N–H and O–H groups in total. The molecule has 1 aromatic rings. The number of esters is 1. The Kier molecular flexibility index (Phi) is 12.8. The van der Waals surface area contributed by atoms with Gasteiger partial charge in [-0.05, 0) is 38.4 Å². The van der Waals surface area contributed by atoms with Crippen molar-refractivity contribution in [2.75, 3.05) is 19.9 Å². The number of hydrogen-bond donors (Lipinski definition) is 3. The summed E-state index contributed by atoms with van der Waals surface area (Å²) in [5, 5.41) is 9.79. The number of nitrogens with two attached hydrogens (primary N) is 1. The number of ether oxygens (including phenoxy) is 2. The normalized spacial score (nSPS) is 10.4. The predicted octanol–water partition coefficient (Wildman–Crippen LogP) is 2.47. The number of unbranched alkanes of at least 4 members (excludes halogenated alkanes) is 2. The van der Waals surface area contributed by atoms with E-state index in [9.17, 15) is 22.8 Å². The summed E-state index contributed by atoms with van der Waals surface area (Å²) in [6, 6.07) is 6.78. The third-order valence-electron chi connectivity index (χ3n) is 3.23. The van der Waals surface area contributed by atoms with Crippen LogP contribution >= 0.6 is 0 Å². The van der Waals surface area contributed by atoms with E-state index in [-0.39, 0.29) is 12.6 Å². The third kappa shape index (κ3) is 12.3. The van der Waals surface area contributed by atoms with Gasteiger partial charge in [0.2, 0.25) is 5.91 Å². The lowest BCUT2D eigenvalue weighted by molar-refractivity contribution is -0.192. The molecule has 0 fully saturated rings. The van der Waals surface area contributed by atoms with Crippen LogP contribution in [0.1, 0.15) is 43.0 Å². The molecule has 8 nitrogen and oxygen atoms in total. The first kappa shape index (κ1) is 26.2. The number of halogens is 3. The van der Waals surface area contributed by atoms with E-state index in [0.717, 1.165) is 19.3 Å². The van der Waals surface area contributed by atoms with E-state index in [4.69, 9.17) is 25.1 Å². The zero-order chi connectivity index (χ0) is 22.3. The van der Waals surface area contributed by atoms with E-state index in [1.54, 1.807) is 31.2 Å². The first-order valence-electron chi connectivity index (χ1n) is 8.79. The molecule has 1 amide bonds. The number of rotatable bonds is 10. The molecule has 0 aliphatic rings. The van der Waals surface area contributed by atoms with E-state index in [1.807, 2.05) is 0 Å². The summed E-state index contributed by atoms with van der Waals surface area (Å²) in [7, 11) is 0. The van der Waals surface area contributed by atoms with Crippen molar-refractivity contribution in [1.82, 2.24) is 5.32 Å². The van der Waals surface area contributed by atoms with Crippen molar-refractivity contribution in [3.05, 3.63) is 29.8 Å². The Labute approximate surface area is 166 Å². The van der Waals surface area contributed by atoms with Crippen LogP contribution in [-0.2, 0) is 14.3 Å². The van der Waals surface area contributed by atoms with Gasteiger partial charge in [-0.3, -0.25) is 4.79 Å². The van der Waals surface area contributed by atoms with Crippen LogP contribution in [0, 0.1) is 0 Å². The zero-order valence-electron chi connectivity index (χ0n) is 16.0. The minimum absolute atomic E-state index is 0.0200. The van der Waals surface area contributed by atoms with Gasteiger partial charge in [-0.25, -0.2) is 9.59 Å². The number of aliphatic carboxylic acids is 1. The van der Waals surface area contributed by atoms with E-state index in [1.165, 1.54) is 0 Å². The molecule has 1 aromatic carbocycles. The van der Waals surface area contributed by atoms with Crippen LogP contribution in [0.3, 0.4) is 0 Å². The Morgan fingerprint density at radius 2 is 1.76 bits per heavy atom. The lowest BCUT2D eigenvalue weighted by Crippen LogP contribution is -2.27. The lowest BCUT2D eigenvalue weighted by Gasteiger charge is -2.11. The topological polar surface area (TPSA) is 128 Å². The van der Waals surface area contributed by atoms with Crippen molar-refractivity contribution in [2.24, 2.45) is 5.73 Å². The molecule has 11 heteroatoms. The molecule has 0 radical (unpaired) electrons. The molecule has 0 bridgehead atoms. The van der Waals surface area contributed by atoms with Crippen molar-refractivity contribution in [2.45, 2.75) is 38.8 Å². The summed E-state index contributed by atoms with van der Waals surface area (Å²) in [4.78, 5) is 32.3. The van der Waals surface area contributed by atoms with E-state index in [2.05, 4.69) is 5.32 Å². The highest BCUT2D eigenvalue weighted by atomic mass is 19.4.